The number of nitrogens with zero attached hydrogens (tertiary/aromatic N) is 2. The molecule has 0 aromatic heterocycles. The minimum atomic E-state index is -0.148. The highest BCUT2D eigenvalue weighted by Crippen LogP contribution is 2.24. The summed E-state index contributed by atoms with van der Waals surface area (Å²) < 4.78 is 13.7. The highest BCUT2D eigenvalue weighted by Gasteiger charge is 2.28. The SMILES string of the molecule is CNC(c1cc(C)cc(F)c1)C1CN(C)CCCN1C. The number of rotatable bonds is 3. The topological polar surface area (TPSA) is 18.5 Å². The molecule has 1 fully saturated rings. The molecule has 2 unspecified atom stereocenters. The van der Waals surface area contributed by atoms with Crippen molar-refractivity contribution in [2.45, 2.75) is 25.4 Å². The lowest BCUT2D eigenvalue weighted by Gasteiger charge is -2.34. The average Bonchev–Trinajstić information content (AvgIpc) is 2.52. The Labute approximate surface area is 121 Å². The van der Waals surface area contributed by atoms with E-state index < -0.39 is 0 Å². The van der Waals surface area contributed by atoms with Crippen molar-refractivity contribution >= 4 is 0 Å². The molecule has 0 aliphatic carbocycles. The summed E-state index contributed by atoms with van der Waals surface area (Å²) in [6, 6.07) is 5.83. The first-order valence-electron chi connectivity index (χ1n) is 7.34. The summed E-state index contributed by atoms with van der Waals surface area (Å²) in [5, 5.41) is 3.39. The van der Waals surface area contributed by atoms with Crippen LogP contribution in [-0.4, -0.2) is 56.6 Å². The lowest BCUT2D eigenvalue weighted by molar-refractivity contribution is 0.182. The minimum absolute atomic E-state index is 0.148. The number of hydrogen-bond donors (Lipinski definition) is 1. The number of hydrogen-bond acceptors (Lipinski definition) is 3. The smallest absolute Gasteiger partial charge is 0.123 e. The van der Waals surface area contributed by atoms with Crippen molar-refractivity contribution in [2.24, 2.45) is 0 Å². The molecule has 1 aliphatic heterocycles. The van der Waals surface area contributed by atoms with Crippen LogP contribution >= 0.6 is 0 Å². The molecule has 1 saturated heterocycles. The second kappa shape index (κ2) is 6.66. The summed E-state index contributed by atoms with van der Waals surface area (Å²) in [7, 11) is 6.29. The maximum absolute atomic E-state index is 13.7. The number of halogens is 1. The third-order valence-corrected chi connectivity index (χ3v) is 4.23. The van der Waals surface area contributed by atoms with Crippen molar-refractivity contribution in [3.8, 4) is 0 Å². The summed E-state index contributed by atoms with van der Waals surface area (Å²) >= 11 is 0. The van der Waals surface area contributed by atoms with E-state index in [1.165, 1.54) is 6.42 Å². The lowest BCUT2D eigenvalue weighted by Crippen LogP contribution is -2.46. The Morgan fingerprint density at radius 2 is 2.00 bits per heavy atom. The molecule has 1 aromatic rings. The van der Waals surface area contributed by atoms with Crippen LogP contribution in [0.3, 0.4) is 0 Å². The Morgan fingerprint density at radius 1 is 1.25 bits per heavy atom. The van der Waals surface area contributed by atoms with E-state index in [9.17, 15) is 4.39 Å². The Bertz CT molecular complexity index is 429. The van der Waals surface area contributed by atoms with E-state index in [0.717, 1.165) is 30.8 Å². The van der Waals surface area contributed by atoms with Gasteiger partial charge in [0.1, 0.15) is 5.82 Å². The molecule has 0 bridgehead atoms. The van der Waals surface area contributed by atoms with Crippen LogP contribution in [0.5, 0.6) is 0 Å². The summed E-state index contributed by atoms with van der Waals surface area (Å²) in [5.74, 6) is -0.148. The molecule has 20 heavy (non-hydrogen) atoms. The van der Waals surface area contributed by atoms with Crippen LogP contribution in [0.2, 0.25) is 0 Å². The molecule has 1 heterocycles. The van der Waals surface area contributed by atoms with Crippen LogP contribution in [0.25, 0.3) is 0 Å². The van der Waals surface area contributed by atoms with E-state index in [1.807, 2.05) is 14.0 Å². The molecule has 2 rings (SSSR count). The van der Waals surface area contributed by atoms with E-state index in [0.29, 0.717) is 6.04 Å². The fraction of sp³-hybridized carbons (Fsp3) is 0.625. The zero-order chi connectivity index (χ0) is 14.7. The third-order valence-electron chi connectivity index (χ3n) is 4.23. The van der Waals surface area contributed by atoms with Gasteiger partial charge >= 0.3 is 0 Å². The van der Waals surface area contributed by atoms with Crippen molar-refractivity contribution in [3.05, 3.63) is 35.1 Å². The number of nitrogens with one attached hydrogen (secondary N) is 1. The van der Waals surface area contributed by atoms with Crippen LogP contribution in [0.15, 0.2) is 18.2 Å². The Balaban J connectivity index is 2.29. The van der Waals surface area contributed by atoms with Gasteiger partial charge in [-0.25, -0.2) is 4.39 Å². The molecule has 0 spiro atoms. The molecule has 0 saturated carbocycles. The summed E-state index contributed by atoms with van der Waals surface area (Å²) in [6.07, 6.45) is 1.18. The van der Waals surface area contributed by atoms with Gasteiger partial charge in [0, 0.05) is 18.6 Å². The molecule has 0 amide bonds. The summed E-state index contributed by atoms with van der Waals surface area (Å²) in [5.41, 5.74) is 2.02. The van der Waals surface area contributed by atoms with E-state index >= 15 is 0 Å². The first-order chi connectivity index (χ1) is 9.51. The molecule has 2 atom stereocenters. The Kier molecular flexibility index (Phi) is 5.13. The van der Waals surface area contributed by atoms with Crippen molar-refractivity contribution in [3.63, 3.8) is 0 Å². The number of aryl methyl sites for hydroxylation is 1. The second-order valence-corrected chi connectivity index (χ2v) is 5.99. The first-order valence-corrected chi connectivity index (χ1v) is 7.34. The third kappa shape index (κ3) is 3.57. The molecule has 0 radical (unpaired) electrons. The highest BCUT2D eigenvalue weighted by atomic mass is 19.1. The molecule has 4 heteroatoms. The second-order valence-electron chi connectivity index (χ2n) is 5.99. The van der Waals surface area contributed by atoms with Gasteiger partial charge in [-0.3, -0.25) is 0 Å². The van der Waals surface area contributed by atoms with E-state index in [4.69, 9.17) is 0 Å². The molecular weight excluding hydrogens is 253 g/mol. The van der Waals surface area contributed by atoms with Gasteiger partial charge < -0.3 is 15.1 Å². The van der Waals surface area contributed by atoms with Gasteiger partial charge in [0.2, 0.25) is 0 Å². The van der Waals surface area contributed by atoms with Gasteiger partial charge in [0.05, 0.1) is 0 Å². The average molecular weight is 279 g/mol. The monoisotopic (exact) mass is 279 g/mol. The van der Waals surface area contributed by atoms with Gasteiger partial charge in [-0.1, -0.05) is 6.07 Å². The summed E-state index contributed by atoms with van der Waals surface area (Å²) in [6.45, 7) is 5.15. The quantitative estimate of drug-likeness (QED) is 0.913. The van der Waals surface area contributed by atoms with Gasteiger partial charge in [-0.2, -0.15) is 0 Å². The normalized spacial score (nSPS) is 23.6. The number of likely N-dealkylation sites (N-methyl/N-ethyl adjacent to an activating group) is 3. The first kappa shape index (κ1) is 15.4. The maximum atomic E-state index is 13.7. The van der Waals surface area contributed by atoms with Gasteiger partial charge in [0.15, 0.2) is 0 Å². The number of benzene rings is 1. The van der Waals surface area contributed by atoms with E-state index in [2.05, 4.69) is 35.3 Å². The fourth-order valence-electron chi connectivity index (χ4n) is 3.19. The molecule has 1 aliphatic rings. The minimum Gasteiger partial charge on any atom is -0.312 e. The van der Waals surface area contributed by atoms with Crippen LogP contribution in [0.4, 0.5) is 4.39 Å². The van der Waals surface area contributed by atoms with Crippen LogP contribution < -0.4 is 5.32 Å². The van der Waals surface area contributed by atoms with Crippen molar-refractivity contribution in [2.75, 3.05) is 40.8 Å². The standard InChI is InChI=1S/C16H26FN3/c1-12-8-13(10-14(17)9-12)16(18-2)15-11-19(3)6-5-7-20(15)4/h8-10,15-16,18H,5-7,11H2,1-4H3. The van der Waals surface area contributed by atoms with Crippen LogP contribution in [0, 0.1) is 12.7 Å². The fourth-order valence-corrected chi connectivity index (χ4v) is 3.19. The predicted octanol–water partition coefficient (Wildman–Crippen LogP) is 2.03. The lowest BCUT2D eigenvalue weighted by atomic mass is 9.96. The maximum Gasteiger partial charge on any atom is 0.123 e. The molecule has 3 nitrogen and oxygen atoms in total. The largest absolute Gasteiger partial charge is 0.312 e. The van der Waals surface area contributed by atoms with Gasteiger partial charge in [0.25, 0.3) is 0 Å². The van der Waals surface area contributed by atoms with Crippen molar-refractivity contribution in [1.29, 1.82) is 0 Å². The van der Waals surface area contributed by atoms with E-state index in [-0.39, 0.29) is 11.9 Å². The Morgan fingerprint density at radius 3 is 2.65 bits per heavy atom. The molecule has 1 N–H and O–H groups in total. The van der Waals surface area contributed by atoms with Crippen LogP contribution in [0.1, 0.15) is 23.6 Å². The van der Waals surface area contributed by atoms with Crippen LogP contribution in [-0.2, 0) is 0 Å². The predicted molar refractivity (Wildman–Crippen MR) is 81.5 cm³/mol. The molecule has 112 valence electrons. The zero-order valence-electron chi connectivity index (χ0n) is 13.0. The summed E-state index contributed by atoms with van der Waals surface area (Å²) in [4.78, 5) is 4.76. The van der Waals surface area contributed by atoms with Crippen molar-refractivity contribution < 1.29 is 4.39 Å². The molecular formula is C16H26FN3. The highest BCUT2D eigenvalue weighted by molar-refractivity contribution is 5.27. The van der Waals surface area contributed by atoms with Gasteiger partial charge in [-0.05, 0) is 70.8 Å². The zero-order valence-corrected chi connectivity index (χ0v) is 13.0. The Hall–Kier alpha value is -0.970. The van der Waals surface area contributed by atoms with E-state index in [1.54, 1.807) is 12.1 Å². The van der Waals surface area contributed by atoms with Gasteiger partial charge in [-0.15, -0.1) is 0 Å². The molecule has 1 aromatic carbocycles. The van der Waals surface area contributed by atoms with Crippen molar-refractivity contribution in [1.82, 2.24) is 15.1 Å².